The van der Waals surface area contributed by atoms with Gasteiger partial charge in [0, 0.05) is 31.0 Å². The van der Waals surface area contributed by atoms with Crippen LogP contribution in [0, 0.1) is 13.8 Å². The van der Waals surface area contributed by atoms with E-state index in [9.17, 15) is 4.79 Å². The van der Waals surface area contributed by atoms with Gasteiger partial charge in [0.15, 0.2) is 0 Å². The predicted octanol–water partition coefficient (Wildman–Crippen LogP) is 3.62. The molecule has 0 saturated carbocycles. The molecule has 3 heteroatoms. The lowest BCUT2D eigenvalue weighted by Crippen LogP contribution is -2.14. The summed E-state index contributed by atoms with van der Waals surface area (Å²) in [6.07, 6.45) is 0. The molecule has 0 unspecified atom stereocenters. The molecule has 0 radical (unpaired) electrons. The van der Waals surface area contributed by atoms with Crippen LogP contribution in [0.5, 0.6) is 0 Å². The molecule has 20 heavy (non-hydrogen) atoms. The molecule has 0 aliphatic rings. The number of hydrogen-bond donors (Lipinski definition) is 1. The van der Waals surface area contributed by atoms with E-state index in [4.69, 9.17) is 0 Å². The van der Waals surface area contributed by atoms with E-state index in [-0.39, 0.29) is 5.91 Å². The van der Waals surface area contributed by atoms with Crippen LogP contribution in [0.1, 0.15) is 21.5 Å². The largest absolute Gasteiger partial charge is 0.378 e. The number of rotatable bonds is 3. The van der Waals surface area contributed by atoms with E-state index in [0.717, 1.165) is 22.5 Å². The highest BCUT2D eigenvalue weighted by atomic mass is 16.1. The minimum absolute atomic E-state index is 0.0693. The van der Waals surface area contributed by atoms with Gasteiger partial charge >= 0.3 is 0 Å². The van der Waals surface area contributed by atoms with Crippen LogP contribution in [-0.2, 0) is 0 Å². The van der Waals surface area contributed by atoms with Gasteiger partial charge in [-0.15, -0.1) is 0 Å². The first-order valence-electron chi connectivity index (χ1n) is 6.63. The van der Waals surface area contributed by atoms with Gasteiger partial charge in [-0.1, -0.05) is 17.7 Å². The first kappa shape index (κ1) is 14.1. The summed E-state index contributed by atoms with van der Waals surface area (Å²) >= 11 is 0. The molecular weight excluding hydrogens is 248 g/mol. The lowest BCUT2D eigenvalue weighted by molar-refractivity contribution is 0.102. The monoisotopic (exact) mass is 268 g/mol. The predicted molar refractivity (Wildman–Crippen MR) is 84.6 cm³/mol. The van der Waals surface area contributed by atoms with Crippen molar-refractivity contribution in [3.8, 4) is 0 Å². The van der Waals surface area contributed by atoms with Gasteiger partial charge < -0.3 is 10.2 Å². The second kappa shape index (κ2) is 5.78. The first-order chi connectivity index (χ1) is 9.47. The van der Waals surface area contributed by atoms with Crippen molar-refractivity contribution in [1.82, 2.24) is 0 Å². The Morgan fingerprint density at radius 1 is 1.00 bits per heavy atom. The molecule has 0 aliphatic carbocycles. The van der Waals surface area contributed by atoms with Gasteiger partial charge in [-0.05, 0) is 49.7 Å². The molecular formula is C17H20N2O. The van der Waals surface area contributed by atoms with Gasteiger partial charge in [-0.3, -0.25) is 4.79 Å². The van der Waals surface area contributed by atoms with Crippen LogP contribution in [0.3, 0.4) is 0 Å². The van der Waals surface area contributed by atoms with Crippen molar-refractivity contribution in [2.24, 2.45) is 0 Å². The number of carbonyl (C=O) groups excluding carboxylic acids is 1. The Labute approximate surface area is 120 Å². The zero-order valence-electron chi connectivity index (χ0n) is 12.4. The molecule has 3 nitrogen and oxygen atoms in total. The molecule has 1 amide bonds. The van der Waals surface area contributed by atoms with Gasteiger partial charge in [-0.25, -0.2) is 0 Å². The summed E-state index contributed by atoms with van der Waals surface area (Å²) in [6, 6.07) is 13.6. The molecule has 2 aromatic carbocycles. The molecule has 0 atom stereocenters. The molecule has 2 aromatic rings. The highest BCUT2D eigenvalue weighted by Crippen LogP contribution is 2.17. The van der Waals surface area contributed by atoms with Gasteiger partial charge in [0.1, 0.15) is 0 Å². The van der Waals surface area contributed by atoms with E-state index in [2.05, 4.69) is 5.32 Å². The summed E-state index contributed by atoms with van der Waals surface area (Å²) in [6.45, 7) is 3.98. The van der Waals surface area contributed by atoms with Crippen LogP contribution in [0.2, 0.25) is 0 Å². The number of anilines is 2. The van der Waals surface area contributed by atoms with Crippen LogP contribution in [0.25, 0.3) is 0 Å². The summed E-state index contributed by atoms with van der Waals surface area (Å²) in [5.41, 5.74) is 4.78. The average Bonchev–Trinajstić information content (AvgIpc) is 2.39. The molecule has 0 aliphatic heterocycles. The Hall–Kier alpha value is -2.29. The van der Waals surface area contributed by atoms with E-state index >= 15 is 0 Å². The maximum atomic E-state index is 12.2. The highest BCUT2D eigenvalue weighted by molar-refractivity contribution is 6.05. The third-order valence-electron chi connectivity index (χ3n) is 3.27. The third-order valence-corrected chi connectivity index (χ3v) is 3.27. The maximum absolute atomic E-state index is 12.2. The highest BCUT2D eigenvalue weighted by Gasteiger charge is 2.09. The second-order valence-corrected chi connectivity index (χ2v) is 5.21. The first-order valence-corrected chi connectivity index (χ1v) is 6.63. The minimum Gasteiger partial charge on any atom is -0.378 e. The summed E-state index contributed by atoms with van der Waals surface area (Å²) < 4.78 is 0. The number of hydrogen-bond acceptors (Lipinski definition) is 2. The van der Waals surface area contributed by atoms with Crippen molar-refractivity contribution in [1.29, 1.82) is 0 Å². The summed E-state index contributed by atoms with van der Waals surface area (Å²) in [7, 11) is 3.98. The Morgan fingerprint density at radius 2 is 1.65 bits per heavy atom. The fourth-order valence-corrected chi connectivity index (χ4v) is 2.11. The van der Waals surface area contributed by atoms with Crippen LogP contribution >= 0.6 is 0 Å². The van der Waals surface area contributed by atoms with Gasteiger partial charge in [0.2, 0.25) is 0 Å². The number of aryl methyl sites for hydroxylation is 2. The fraction of sp³-hybridized carbons (Fsp3) is 0.235. The van der Waals surface area contributed by atoms with Gasteiger partial charge in [0.25, 0.3) is 5.91 Å². The molecule has 0 saturated heterocycles. The van der Waals surface area contributed by atoms with Crippen molar-refractivity contribution in [2.45, 2.75) is 13.8 Å². The Balaban J connectivity index is 2.15. The quantitative estimate of drug-likeness (QED) is 0.922. The van der Waals surface area contributed by atoms with Crippen molar-refractivity contribution < 1.29 is 4.79 Å². The zero-order chi connectivity index (χ0) is 14.7. The Kier molecular flexibility index (Phi) is 4.08. The smallest absolute Gasteiger partial charge is 0.255 e. The zero-order valence-corrected chi connectivity index (χ0v) is 12.4. The lowest BCUT2D eigenvalue weighted by Gasteiger charge is -2.13. The van der Waals surface area contributed by atoms with Crippen molar-refractivity contribution >= 4 is 17.3 Å². The normalized spacial score (nSPS) is 10.2. The third kappa shape index (κ3) is 3.18. The fourth-order valence-electron chi connectivity index (χ4n) is 2.11. The lowest BCUT2D eigenvalue weighted by atomic mass is 10.1. The van der Waals surface area contributed by atoms with Crippen LogP contribution in [-0.4, -0.2) is 20.0 Å². The van der Waals surface area contributed by atoms with E-state index in [0.29, 0.717) is 5.56 Å². The van der Waals surface area contributed by atoms with E-state index in [1.165, 1.54) is 0 Å². The van der Waals surface area contributed by atoms with Crippen LogP contribution in [0.4, 0.5) is 11.4 Å². The number of carbonyl (C=O) groups is 1. The number of nitrogens with zero attached hydrogens (tertiary/aromatic N) is 1. The molecule has 1 N–H and O–H groups in total. The molecule has 0 bridgehead atoms. The molecule has 0 spiro atoms. The second-order valence-electron chi connectivity index (χ2n) is 5.21. The van der Waals surface area contributed by atoms with Gasteiger partial charge in [-0.2, -0.15) is 0 Å². The number of nitrogens with one attached hydrogen (secondary N) is 1. The SMILES string of the molecule is Cc1ccc(C(=O)Nc2ccc(N(C)C)cc2)c(C)c1. The number of amides is 1. The minimum atomic E-state index is -0.0693. The van der Waals surface area contributed by atoms with Crippen molar-refractivity contribution in [3.63, 3.8) is 0 Å². The van der Waals surface area contributed by atoms with Crippen molar-refractivity contribution in [2.75, 3.05) is 24.3 Å². The molecule has 2 rings (SSSR count). The van der Waals surface area contributed by atoms with Gasteiger partial charge in [0.05, 0.1) is 0 Å². The van der Waals surface area contributed by atoms with E-state index in [1.54, 1.807) is 0 Å². The summed E-state index contributed by atoms with van der Waals surface area (Å²) in [5, 5.41) is 2.93. The summed E-state index contributed by atoms with van der Waals surface area (Å²) in [4.78, 5) is 14.3. The maximum Gasteiger partial charge on any atom is 0.255 e. The van der Waals surface area contributed by atoms with Crippen LogP contribution in [0.15, 0.2) is 42.5 Å². The standard InChI is InChI=1S/C17H20N2O/c1-12-5-10-16(13(2)11-12)17(20)18-14-6-8-15(9-7-14)19(3)4/h5-11H,1-4H3,(H,18,20). The molecule has 0 fully saturated rings. The van der Waals surface area contributed by atoms with Crippen molar-refractivity contribution in [3.05, 3.63) is 59.2 Å². The van der Waals surface area contributed by atoms with Crippen LogP contribution < -0.4 is 10.2 Å². The molecule has 0 heterocycles. The molecule has 104 valence electrons. The molecule has 0 aromatic heterocycles. The topological polar surface area (TPSA) is 32.3 Å². The average molecular weight is 268 g/mol. The van der Waals surface area contributed by atoms with E-state index in [1.807, 2.05) is 75.3 Å². The number of benzene rings is 2. The van der Waals surface area contributed by atoms with E-state index < -0.39 is 0 Å². The Bertz CT molecular complexity index is 615. The summed E-state index contributed by atoms with van der Waals surface area (Å²) in [5.74, 6) is -0.0693. The Morgan fingerprint density at radius 3 is 2.20 bits per heavy atom.